The summed E-state index contributed by atoms with van der Waals surface area (Å²) in [7, 11) is 1.83. The molecule has 0 aliphatic heterocycles. The Labute approximate surface area is 88.6 Å². The van der Waals surface area contributed by atoms with Crippen molar-refractivity contribution < 1.29 is 0 Å². The van der Waals surface area contributed by atoms with Gasteiger partial charge >= 0.3 is 0 Å². The molecule has 3 heteroatoms. The fourth-order valence-electron chi connectivity index (χ4n) is 1.42. The average Bonchev–Trinajstić information content (AvgIpc) is 2.23. The van der Waals surface area contributed by atoms with Gasteiger partial charge in [0.25, 0.3) is 0 Å². The second-order valence-electron chi connectivity index (χ2n) is 3.64. The Balaban J connectivity index is 2.50. The number of hydrogen-bond donors (Lipinski definition) is 1. The van der Waals surface area contributed by atoms with Gasteiger partial charge < -0.3 is 4.57 Å². The van der Waals surface area contributed by atoms with Crippen molar-refractivity contribution in [2.75, 3.05) is 0 Å². The van der Waals surface area contributed by atoms with Crippen LogP contribution in [0.25, 0.3) is 11.1 Å². The first kappa shape index (κ1) is 9.65. The molecule has 0 radical (unpaired) electrons. The van der Waals surface area contributed by atoms with E-state index in [9.17, 15) is 0 Å². The van der Waals surface area contributed by atoms with Crippen molar-refractivity contribution in [1.29, 1.82) is 5.41 Å². The summed E-state index contributed by atoms with van der Waals surface area (Å²) in [6.07, 6.45) is 3.65. The number of aryl methyl sites for hydroxylation is 2. The molecular weight excluding hydrogens is 186 g/mol. The number of rotatable bonds is 1. The highest BCUT2D eigenvalue weighted by Crippen LogP contribution is 2.16. The molecule has 3 nitrogen and oxygen atoms in total. The molecule has 76 valence electrons. The molecule has 0 saturated carbocycles. The van der Waals surface area contributed by atoms with E-state index in [-0.39, 0.29) is 5.62 Å². The summed E-state index contributed by atoms with van der Waals surface area (Å²) >= 11 is 0. The Morgan fingerprint density at radius 1 is 1.13 bits per heavy atom. The highest BCUT2D eigenvalue weighted by Gasteiger charge is 1.98. The molecular formula is C12H13N3. The lowest BCUT2D eigenvalue weighted by Crippen LogP contribution is -2.18. The van der Waals surface area contributed by atoms with Gasteiger partial charge in [-0.3, -0.25) is 5.41 Å². The first-order valence-electron chi connectivity index (χ1n) is 4.81. The molecule has 2 aromatic rings. The Morgan fingerprint density at radius 2 is 1.80 bits per heavy atom. The highest BCUT2D eigenvalue weighted by molar-refractivity contribution is 5.61. The van der Waals surface area contributed by atoms with Gasteiger partial charge in [0.15, 0.2) is 0 Å². The average molecular weight is 199 g/mol. The van der Waals surface area contributed by atoms with Crippen LogP contribution in [-0.4, -0.2) is 9.55 Å². The summed E-state index contributed by atoms with van der Waals surface area (Å²) in [4.78, 5) is 4.01. The van der Waals surface area contributed by atoms with Gasteiger partial charge in [0.1, 0.15) is 0 Å². The minimum Gasteiger partial charge on any atom is -0.320 e. The van der Waals surface area contributed by atoms with Crippen molar-refractivity contribution in [1.82, 2.24) is 9.55 Å². The first-order chi connectivity index (χ1) is 7.16. The van der Waals surface area contributed by atoms with Gasteiger partial charge in [0.05, 0.1) is 0 Å². The zero-order valence-corrected chi connectivity index (χ0v) is 8.86. The van der Waals surface area contributed by atoms with E-state index in [1.807, 2.05) is 13.2 Å². The molecule has 0 fully saturated rings. The predicted octanol–water partition coefficient (Wildman–Crippen LogP) is 1.87. The fourth-order valence-corrected chi connectivity index (χ4v) is 1.42. The van der Waals surface area contributed by atoms with Gasteiger partial charge in [-0.1, -0.05) is 29.8 Å². The third-order valence-corrected chi connectivity index (χ3v) is 2.38. The Hall–Kier alpha value is -1.90. The quantitative estimate of drug-likeness (QED) is 0.748. The van der Waals surface area contributed by atoms with Gasteiger partial charge in [0, 0.05) is 25.0 Å². The summed E-state index contributed by atoms with van der Waals surface area (Å²) in [5.74, 6) is 0. The zero-order valence-electron chi connectivity index (χ0n) is 8.86. The van der Waals surface area contributed by atoms with E-state index in [0.717, 1.165) is 11.1 Å². The molecule has 1 aromatic heterocycles. The zero-order chi connectivity index (χ0) is 10.8. The summed E-state index contributed by atoms with van der Waals surface area (Å²) in [5.41, 5.74) is 3.68. The van der Waals surface area contributed by atoms with Crippen LogP contribution in [0.3, 0.4) is 0 Å². The molecule has 0 aliphatic rings. The van der Waals surface area contributed by atoms with Crippen molar-refractivity contribution >= 4 is 0 Å². The van der Waals surface area contributed by atoms with Crippen LogP contribution in [0.4, 0.5) is 0 Å². The molecule has 1 N–H and O–H groups in total. The second kappa shape index (κ2) is 3.69. The molecule has 1 aromatic carbocycles. The van der Waals surface area contributed by atoms with Gasteiger partial charge in [-0.05, 0) is 12.5 Å². The van der Waals surface area contributed by atoms with Crippen LogP contribution < -0.4 is 5.62 Å². The minimum atomic E-state index is 0.269. The number of aromatic nitrogens is 2. The van der Waals surface area contributed by atoms with Crippen molar-refractivity contribution in [2.45, 2.75) is 6.92 Å². The summed E-state index contributed by atoms with van der Waals surface area (Å²) < 4.78 is 1.70. The maximum Gasteiger partial charge on any atom is 0.221 e. The third kappa shape index (κ3) is 1.96. The maximum atomic E-state index is 7.46. The van der Waals surface area contributed by atoms with Gasteiger partial charge in [-0.25, -0.2) is 4.98 Å². The van der Waals surface area contributed by atoms with Crippen molar-refractivity contribution in [3.8, 4) is 11.1 Å². The molecule has 15 heavy (non-hydrogen) atoms. The topological polar surface area (TPSA) is 41.7 Å². The SMILES string of the molecule is Cc1ccc(-c2cnc(=N)n(C)c2)cc1. The first-order valence-corrected chi connectivity index (χ1v) is 4.81. The van der Waals surface area contributed by atoms with Crippen LogP contribution in [0.5, 0.6) is 0 Å². The number of nitrogens with one attached hydrogen (secondary N) is 1. The molecule has 0 atom stereocenters. The van der Waals surface area contributed by atoms with Crippen LogP contribution >= 0.6 is 0 Å². The molecule has 0 spiro atoms. The van der Waals surface area contributed by atoms with Crippen LogP contribution in [0.1, 0.15) is 5.56 Å². The molecule has 1 heterocycles. The lowest BCUT2D eigenvalue weighted by atomic mass is 10.1. The fraction of sp³-hybridized carbons (Fsp3) is 0.167. The maximum absolute atomic E-state index is 7.46. The van der Waals surface area contributed by atoms with Crippen LogP contribution in [0.2, 0.25) is 0 Å². The Kier molecular flexibility index (Phi) is 2.37. The lowest BCUT2D eigenvalue weighted by Gasteiger charge is -2.04. The smallest absolute Gasteiger partial charge is 0.221 e. The normalized spacial score (nSPS) is 10.3. The Morgan fingerprint density at radius 3 is 2.40 bits per heavy atom. The second-order valence-corrected chi connectivity index (χ2v) is 3.64. The van der Waals surface area contributed by atoms with Gasteiger partial charge in [-0.15, -0.1) is 0 Å². The molecule has 2 rings (SSSR count). The van der Waals surface area contributed by atoms with Gasteiger partial charge in [-0.2, -0.15) is 0 Å². The third-order valence-electron chi connectivity index (χ3n) is 2.38. The summed E-state index contributed by atoms with van der Waals surface area (Å²) in [6, 6.07) is 8.28. The highest BCUT2D eigenvalue weighted by atomic mass is 15.0. The molecule has 0 aliphatic carbocycles. The number of nitrogens with zero attached hydrogens (tertiary/aromatic N) is 2. The van der Waals surface area contributed by atoms with E-state index in [1.54, 1.807) is 10.8 Å². The van der Waals surface area contributed by atoms with Crippen LogP contribution in [0.15, 0.2) is 36.7 Å². The van der Waals surface area contributed by atoms with Crippen molar-refractivity contribution in [3.63, 3.8) is 0 Å². The van der Waals surface area contributed by atoms with Crippen molar-refractivity contribution in [2.24, 2.45) is 7.05 Å². The van der Waals surface area contributed by atoms with E-state index in [1.165, 1.54) is 5.56 Å². The molecule has 0 amide bonds. The molecule has 0 bridgehead atoms. The summed E-state index contributed by atoms with van der Waals surface area (Å²) in [6.45, 7) is 2.06. The monoisotopic (exact) mass is 199 g/mol. The number of benzene rings is 1. The van der Waals surface area contributed by atoms with E-state index in [2.05, 4.69) is 36.2 Å². The van der Waals surface area contributed by atoms with E-state index >= 15 is 0 Å². The van der Waals surface area contributed by atoms with E-state index in [4.69, 9.17) is 5.41 Å². The molecule has 0 saturated heterocycles. The number of hydrogen-bond acceptors (Lipinski definition) is 2. The molecule has 0 unspecified atom stereocenters. The lowest BCUT2D eigenvalue weighted by molar-refractivity contribution is 0.764. The standard InChI is InChI=1S/C12H13N3/c1-9-3-5-10(6-4-9)11-7-14-12(13)15(2)8-11/h3-8,13H,1-2H3. The van der Waals surface area contributed by atoms with E-state index in [0.29, 0.717) is 0 Å². The van der Waals surface area contributed by atoms with E-state index < -0.39 is 0 Å². The largest absolute Gasteiger partial charge is 0.320 e. The van der Waals surface area contributed by atoms with Crippen LogP contribution in [-0.2, 0) is 7.05 Å². The van der Waals surface area contributed by atoms with Gasteiger partial charge in [0.2, 0.25) is 5.62 Å². The van der Waals surface area contributed by atoms with Crippen molar-refractivity contribution in [3.05, 3.63) is 47.8 Å². The predicted molar refractivity (Wildman–Crippen MR) is 59.2 cm³/mol. The summed E-state index contributed by atoms with van der Waals surface area (Å²) in [5, 5.41) is 7.46. The van der Waals surface area contributed by atoms with Crippen LogP contribution in [0, 0.1) is 12.3 Å². The minimum absolute atomic E-state index is 0.269. The Bertz CT molecular complexity index is 523.